The van der Waals surface area contributed by atoms with Crippen molar-refractivity contribution >= 4 is 21.7 Å². The van der Waals surface area contributed by atoms with Crippen LogP contribution in [-0.2, 0) is 10.2 Å². The molecule has 0 saturated carbocycles. The van der Waals surface area contributed by atoms with Gasteiger partial charge in [0.05, 0.1) is 12.8 Å². The second kappa shape index (κ2) is 7.46. The van der Waals surface area contributed by atoms with Crippen LogP contribution in [0.25, 0.3) is 0 Å². The van der Waals surface area contributed by atoms with Crippen molar-refractivity contribution in [3.8, 4) is 5.75 Å². The summed E-state index contributed by atoms with van der Waals surface area (Å²) in [4.78, 5) is 12.5. The quantitative estimate of drug-likeness (QED) is 0.753. The Morgan fingerprint density at radius 2 is 1.71 bits per heavy atom. The van der Waals surface area contributed by atoms with Crippen LogP contribution in [-0.4, -0.2) is 27.4 Å². The monoisotopic (exact) mass is 348 g/mol. The third-order valence-electron chi connectivity index (χ3n) is 3.12. The average Bonchev–Trinajstić information content (AvgIpc) is 2.52. The van der Waals surface area contributed by atoms with E-state index in [2.05, 4.69) is 9.44 Å². The second-order valence-electron chi connectivity index (χ2n) is 5.52. The molecule has 6 nitrogen and oxygen atoms in total. The van der Waals surface area contributed by atoms with Crippen LogP contribution in [0.15, 0.2) is 48.5 Å². The van der Waals surface area contributed by atoms with Crippen molar-refractivity contribution in [2.45, 2.75) is 19.9 Å². The maximum atomic E-state index is 12.5. The van der Waals surface area contributed by atoms with Gasteiger partial charge >= 0.3 is 0 Å². The lowest BCUT2D eigenvalue weighted by atomic mass is 10.0. The highest BCUT2D eigenvalue weighted by Gasteiger charge is 2.14. The first kappa shape index (κ1) is 18.0. The zero-order chi connectivity index (χ0) is 17.7. The van der Waals surface area contributed by atoms with E-state index in [-0.39, 0.29) is 11.8 Å². The number of nitrogens with one attached hydrogen (secondary N) is 2. The van der Waals surface area contributed by atoms with Gasteiger partial charge in [-0.15, -0.1) is 0 Å². The van der Waals surface area contributed by atoms with Gasteiger partial charge in [0.2, 0.25) is 0 Å². The second-order valence-corrected chi connectivity index (χ2v) is 6.96. The van der Waals surface area contributed by atoms with E-state index in [0.29, 0.717) is 22.6 Å². The van der Waals surface area contributed by atoms with E-state index in [0.717, 1.165) is 0 Å². The lowest BCUT2D eigenvalue weighted by molar-refractivity contribution is 0.103. The number of rotatable bonds is 7. The fourth-order valence-corrected chi connectivity index (χ4v) is 3.24. The SMILES string of the molecule is COc1ccc(C(=O)c2cccc(NS(=O)(=O)NC(C)C)c2)cc1. The summed E-state index contributed by atoms with van der Waals surface area (Å²) in [5, 5.41) is 0. The Balaban J connectivity index is 2.21. The first-order valence-electron chi connectivity index (χ1n) is 7.39. The van der Waals surface area contributed by atoms with Crippen LogP contribution in [0.4, 0.5) is 5.69 Å². The van der Waals surface area contributed by atoms with Crippen LogP contribution >= 0.6 is 0 Å². The molecule has 2 aromatic rings. The molecule has 0 bridgehead atoms. The zero-order valence-electron chi connectivity index (χ0n) is 13.7. The van der Waals surface area contributed by atoms with E-state index >= 15 is 0 Å². The highest BCUT2D eigenvalue weighted by Crippen LogP contribution is 2.18. The number of ether oxygens (including phenoxy) is 1. The van der Waals surface area contributed by atoms with Gasteiger partial charge in [0.15, 0.2) is 5.78 Å². The minimum Gasteiger partial charge on any atom is -0.497 e. The van der Waals surface area contributed by atoms with Crippen LogP contribution in [0.5, 0.6) is 5.75 Å². The van der Waals surface area contributed by atoms with E-state index < -0.39 is 10.2 Å². The molecule has 0 aliphatic heterocycles. The Kier molecular flexibility index (Phi) is 5.58. The van der Waals surface area contributed by atoms with Gasteiger partial charge in [-0.1, -0.05) is 12.1 Å². The van der Waals surface area contributed by atoms with Crippen molar-refractivity contribution in [1.82, 2.24) is 4.72 Å². The normalized spacial score (nSPS) is 11.3. The highest BCUT2D eigenvalue weighted by atomic mass is 32.2. The first-order chi connectivity index (χ1) is 11.3. The molecular formula is C17H20N2O4S. The molecule has 0 amide bonds. The predicted molar refractivity (Wildman–Crippen MR) is 93.7 cm³/mol. The van der Waals surface area contributed by atoms with Crippen molar-refractivity contribution in [3.05, 3.63) is 59.7 Å². The molecule has 0 unspecified atom stereocenters. The number of hydrogen-bond donors (Lipinski definition) is 2. The largest absolute Gasteiger partial charge is 0.497 e. The lowest BCUT2D eigenvalue weighted by Gasteiger charge is -2.12. The first-order valence-corrected chi connectivity index (χ1v) is 8.88. The summed E-state index contributed by atoms with van der Waals surface area (Å²) in [5.41, 5.74) is 1.21. The van der Waals surface area contributed by atoms with E-state index in [9.17, 15) is 13.2 Å². The van der Waals surface area contributed by atoms with E-state index in [1.807, 2.05) is 0 Å². The molecule has 0 aliphatic rings. The third-order valence-corrected chi connectivity index (χ3v) is 4.41. The number of hydrogen-bond acceptors (Lipinski definition) is 4. The number of carbonyl (C=O) groups excluding carboxylic acids is 1. The van der Waals surface area contributed by atoms with Gasteiger partial charge in [0.25, 0.3) is 10.2 Å². The van der Waals surface area contributed by atoms with Crippen LogP contribution < -0.4 is 14.2 Å². The van der Waals surface area contributed by atoms with Gasteiger partial charge in [-0.3, -0.25) is 9.52 Å². The third kappa shape index (κ3) is 4.81. The highest BCUT2D eigenvalue weighted by molar-refractivity contribution is 7.90. The van der Waals surface area contributed by atoms with Crippen LogP contribution in [0.2, 0.25) is 0 Å². The van der Waals surface area contributed by atoms with Gasteiger partial charge in [-0.25, -0.2) is 0 Å². The Morgan fingerprint density at radius 3 is 2.29 bits per heavy atom. The molecule has 0 saturated heterocycles. The van der Waals surface area contributed by atoms with Crippen LogP contribution in [0.1, 0.15) is 29.8 Å². The van der Waals surface area contributed by atoms with E-state index in [4.69, 9.17) is 4.74 Å². The lowest BCUT2D eigenvalue weighted by Crippen LogP contribution is -2.35. The summed E-state index contributed by atoms with van der Waals surface area (Å²) in [5.74, 6) is 0.461. The van der Waals surface area contributed by atoms with E-state index in [1.54, 1.807) is 63.4 Å². The summed E-state index contributed by atoms with van der Waals surface area (Å²) in [7, 11) is -2.12. The topological polar surface area (TPSA) is 84.5 Å². The zero-order valence-corrected chi connectivity index (χ0v) is 14.6. The Labute approximate surface area is 142 Å². The molecule has 0 atom stereocenters. The van der Waals surface area contributed by atoms with Gasteiger partial charge in [0, 0.05) is 17.2 Å². The fourth-order valence-electron chi connectivity index (χ4n) is 2.13. The molecule has 0 aromatic heterocycles. The maximum Gasteiger partial charge on any atom is 0.299 e. The minimum absolute atomic E-state index is 0.199. The number of ketones is 1. The van der Waals surface area contributed by atoms with Crippen LogP contribution in [0.3, 0.4) is 0 Å². The van der Waals surface area contributed by atoms with Crippen molar-refractivity contribution in [3.63, 3.8) is 0 Å². The summed E-state index contributed by atoms with van der Waals surface area (Å²) < 4.78 is 33.7. The molecule has 2 aromatic carbocycles. The minimum atomic E-state index is -3.68. The number of benzene rings is 2. The van der Waals surface area contributed by atoms with Gasteiger partial charge in [0.1, 0.15) is 5.75 Å². The molecule has 0 spiro atoms. The molecule has 0 radical (unpaired) electrons. The van der Waals surface area contributed by atoms with Crippen molar-refractivity contribution in [2.24, 2.45) is 0 Å². The van der Waals surface area contributed by atoms with Crippen molar-refractivity contribution in [2.75, 3.05) is 11.8 Å². The standard InChI is InChI=1S/C17H20N2O4S/c1-12(2)18-24(21,22)19-15-6-4-5-14(11-15)17(20)13-7-9-16(23-3)10-8-13/h4-12,18-19H,1-3H3. The fraction of sp³-hybridized carbons (Fsp3) is 0.235. The molecule has 7 heteroatoms. The van der Waals surface area contributed by atoms with Crippen LogP contribution in [0, 0.1) is 0 Å². The molecule has 2 rings (SSSR count). The molecular weight excluding hydrogens is 328 g/mol. The summed E-state index contributed by atoms with van der Waals surface area (Å²) in [6.07, 6.45) is 0. The Morgan fingerprint density at radius 1 is 1.04 bits per heavy atom. The summed E-state index contributed by atoms with van der Waals surface area (Å²) in [6, 6.07) is 12.9. The summed E-state index contributed by atoms with van der Waals surface area (Å²) in [6.45, 7) is 3.45. The molecule has 128 valence electrons. The van der Waals surface area contributed by atoms with Crippen molar-refractivity contribution in [1.29, 1.82) is 0 Å². The van der Waals surface area contributed by atoms with Gasteiger partial charge in [-0.2, -0.15) is 13.1 Å². The molecule has 0 fully saturated rings. The predicted octanol–water partition coefficient (Wildman–Crippen LogP) is 2.58. The number of carbonyl (C=O) groups is 1. The Hall–Kier alpha value is -2.38. The molecule has 0 heterocycles. The smallest absolute Gasteiger partial charge is 0.299 e. The number of methoxy groups -OCH3 is 1. The molecule has 0 aliphatic carbocycles. The average molecular weight is 348 g/mol. The van der Waals surface area contributed by atoms with Crippen molar-refractivity contribution < 1.29 is 17.9 Å². The Bertz CT molecular complexity index is 815. The maximum absolute atomic E-state index is 12.5. The van der Waals surface area contributed by atoms with Gasteiger partial charge < -0.3 is 4.74 Å². The molecule has 2 N–H and O–H groups in total. The van der Waals surface area contributed by atoms with E-state index in [1.165, 1.54) is 6.07 Å². The molecule has 24 heavy (non-hydrogen) atoms. The summed E-state index contributed by atoms with van der Waals surface area (Å²) >= 11 is 0. The van der Waals surface area contributed by atoms with Gasteiger partial charge in [-0.05, 0) is 50.2 Å². The number of anilines is 1.